The maximum atomic E-state index is 14.5. The molecule has 2 aromatic rings. The molecule has 3 aliphatic rings. The predicted octanol–water partition coefficient (Wildman–Crippen LogP) is 6.57. The van der Waals surface area contributed by atoms with Gasteiger partial charge in [0.05, 0.1) is 45.4 Å². The van der Waals surface area contributed by atoms with E-state index in [4.69, 9.17) is 23.2 Å². The minimum Gasteiger partial charge on any atom is -0.481 e. The van der Waals surface area contributed by atoms with Gasteiger partial charge in [0, 0.05) is 18.4 Å². The van der Waals surface area contributed by atoms with Gasteiger partial charge in [-0.05, 0) is 62.7 Å². The Hall–Kier alpha value is -2.66. The normalized spacial score (nSPS) is 28.7. The van der Waals surface area contributed by atoms with E-state index in [0.29, 0.717) is 24.7 Å². The number of aliphatic carboxylic acids is 1. The molecule has 0 saturated heterocycles. The summed E-state index contributed by atoms with van der Waals surface area (Å²) in [5, 5.41) is 13.5. The maximum Gasteiger partial charge on any atom is 0.433 e. The fourth-order valence-corrected chi connectivity index (χ4v) is 7.52. The lowest BCUT2D eigenvalue weighted by Gasteiger charge is -2.35. The molecule has 13 heteroatoms. The van der Waals surface area contributed by atoms with E-state index in [1.54, 1.807) is 6.92 Å². The number of fused-ring (bicyclic) bond motifs is 1. The van der Waals surface area contributed by atoms with Gasteiger partial charge in [0.25, 0.3) is 5.91 Å². The molecule has 5 rings (SSSR count). The van der Waals surface area contributed by atoms with Gasteiger partial charge < -0.3 is 10.0 Å². The number of hydrogen-bond acceptors (Lipinski definition) is 5. The van der Waals surface area contributed by atoms with Gasteiger partial charge in [0.1, 0.15) is 0 Å². The quantitative estimate of drug-likeness (QED) is 0.354. The second-order valence-electron chi connectivity index (χ2n) is 12.4. The van der Waals surface area contributed by atoms with E-state index < -0.39 is 59.1 Å². The molecule has 0 spiro atoms. The number of Topliss-reactive ketones (excluding diaryl/α,β-unsaturated/α-hetero) is 1. The second-order valence-corrected chi connectivity index (χ2v) is 13.3. The third kappa shape index (κ3) is 5.24. The molecule has 222 valence electrons. The number of aromatic nitrogens is 3. The molecule has 41 heavy (non-hydrogen) atoms. The van der Waals surface area contributed by atoms with E-state index in [1.807, 2.05) is 0 Å². The molecule has 3 saturated carbocycles. The number of carbonyl (C=O) groups is 3. The van der Waals surface area contributed by atoms with E-state index in [2.05, 4.69) is 23.9 Å². The number of carboxylic acids is 1. The Morgan fingerprint density at radius 2 is 1.61 bits per heavy atom. The number of amides is 1. The first kappa shape index (κ1) is 29.8. The summed E-state index contributed by atoms with van der Waals surface area (Å²) >= 11 is 12.4. The smallest absolute Gasteiger partial charge is 0.433 e. The van der Waals surface area contributed by atoms with Crippen molar-refractivity contribution >= 4 is 40.9 Å². The number of halogens is 5. The molecule has 2 aromatic heterocycles. The van der Waals surface area contributed by atoms with Crippen molar-refractivity contribution in [3.63, 3.8) is 0 Å². The molecule has 3 atom stereocenters. The van der Waals surface area contributed by atoms with Gasteiger partial charge in [-0.25, -0.2) is 0 Å². The topological polar surface area (TPSA) is 105 Å². The van der Waals surface area contributed by atoms with Crippen LogP contribution in [0.1, 0.15) is 91.7 Å². The number of pyridine rings is 1. The lowest BCUT2D eigenvalue weighted by atomic mass is 9.74. The zero-order chi connectivity index (χ0) is 30.1. The van der Waals surface area contributed by atoms with Crippen LogP contribution in [0.15, 0.2) is 18.6 Å². The summed E-state index contributed by atoms with van der Waals surface area (Å²) in [5.74, 6) is -1.91. The molecule has 3 fully saturated rings. The number of nitrogens with zero attached hydrogens (tertiary/aromatic N) is 4. The van der Waals surface area contributed by atoms with E-state index >= 15 is 0 Å². The Bertz CT molecular complexity index is 1370. The summed E-state index contributed by atoms with van der Waals surface area (Å²) in [6.45, 7) is 5.32. The monoisotopic (exact) mass is 614 g/mol. The average molecular weight is 615 g/mol. The average Bonchev–Trinajstić information content (AvgIpc) is 3.30. The van der Waals surface area contributed by atoms with E-state index in [-0.39, 0.29) is 46.7 Å². The van der Waals surface area contributed by atoms with Gasteiger partial charge in [-0.2, -0.15) is 18.3 Å². The summed E-state index contributed by atoms with van der Waals surface area (Å²) in [6.07, 6.45) is 0.330. The van der Waals surface area contributed by atoms with Gasteiger partial charge in [0.2, 0.25) is 0 Å². The first-order valence-electron chi connectivity index (χ1n) is 13.6. The van der Waals surface area contributed by atoms with Crippen LogP contribution < -0.4 is 0 Å². The number of alkyl halides is 3. The molecule has 0 aromatic carbocycles. The summed E-state index contributed by atoms with van der Waals surface area (Å²) in [5.41, 5.74) is -2.80. The molecule has 0 aliphatic heterocycles. The summed E-state index contributed by atoms with van der Waals surface area (Å²) in [4.78, 5) is 44.0. The first-order chi connectivity index (χ1) is 19.1. The van der Waals surface area contributed by atoms with Crippen molar-refractivity contribution in [3.8, 4) is 0 Å². The summed E-state index contributed by atoms with van der Waals surface area (Å²) in [7, 11) is 0. The molecule has 1 N–H and O–H groups in total. The highest BCUT2D eigenvalue weighted by molar-refractivity contribution is 6.39. The van der Waals surface area contributed by atoms with Crippen LogP contribution in [0.5, 0.6) is 0 Å². The molecular weight excluding hydrogens is 584 g/mol. The van der Waals surface area contributed by atoms with Crippen LogP contribution in [0.3, 0.4) is 0 Å². The van der Waals surface area contributed by atoms with Crippen LogP contribution >= 0.6 is 23.2 Å². The molecule has 0 radical (unpaired) electrons. The van der Waals surface area contributed by atoms with Crippen molar-refractivity contribution in [2.75, 3.05) is 6.54 Å². The zero-order valence-corrected chi connectivity index (χ0v) is 24.4. The molecular formula is C28H31Cl2F3N4O4. The number of carboxylic acid groups (broad SMARTS) is 1. The van der Waals surface area contributed by atoms with Crippen molar-refractivity contribution in [1.82, 2.24) is 19.7 Å². The number of carbonyl (C=O) groups excluding carboxylic acids is 2. The number of ketones is 1. The molecule has 3 aliphatic carbocycles. The highest BCUT2D eigenvalue weighted by atomic mass is 35.5. The molecule has 1 amide bonds. The van der Waals surface area contributed by atoms with Crippen molar-refractivity contribution in [3.05, 3.63) is 45.5 Å². The van der Waals surface area contributed by atoms with Gasteiger partial charge >= 0.3 is 12.1 Å². The summed E-state index contributed by atoms with van der Waals surface area (Å²) < 4.78 is 44.5. The molecule has 8 nitrogen and oxygen atoms in total. The fourth-order valence-electron chi connectivity index (χ4n) is 6.94. The van der Waals surface area contributed by atoms with Gasteiger partial charge in [-0.1, -0.05) is 37.0 Å². The second kappa shape index (κ2) is 10.3. The molecule has 1 unspecified atom stereocenters. The Morgan fingerprint density at radius 1 is 1.05 bits per heavy atom. The number of rotatable bonds is 7. The van der Waals surface area contributed by atoms with Crippen LogP contribution in [-0.4, -0.2) is 55.0 Å². The Morgan fingerprint density at radius 3 is 2.12 bits per heavy atom. The van der Waals surface area contributed by atoms with E-state index in [9.17, 15) is 32.7 Å². The zero-order valence-electron chi connectivity index (χ0n) is 22.8. The fraction of sp³-hybridized carbons (Fsp3) is 0.607. The Labute approximate surface area is 245 Å². The van der Waals surface area contributed by atoms with Crippen LogP contribution in [0, 0.1) is 22.7 Å². The van der Waals surface area contributed by atoms with Crippen LogP contribution in [-0.2, 0) is 11.0 Å². The van der Waals surface area contributed by atoms with Gasteiger partial charge in [0.15, 0.2) is 11.5 Å². The highest BCUT2D eigenvalue weighted by Gasteiger charge is 2.63. The minimum absolute atomic E-state index is 0.0141. The highest BCUT2D eigenvalue weighted by Crippen LogP contribution is 2.67. The van der Waals surface area contributed by atoms with E-state index in [0.717, 1.165) is 10.9 Å². The Kier molecular flexibility index (Phi) is 7.46. The molecule has 0 bridgehead atoms. The summed E-state index contributed by atoms with van der Waals surface area (Å²) in [6, 6.07) is -1.16. The van der Waals surface area contributed by atoms with Crippen LogP contribution in [0.2, 0.25) is 10.0 Å². The first-order valence-corrected chi connectivity index (χ1v) is 14.3. The maximum absolute atomic E-state index is 14.5. The van der Waals surface area contributed by atoms with Crippen LogP contribution in [0.4, 0.5) is 13.2 Å². The van der Waals surface area contributed by atoms with E-state index in [1.165, 1.54) is 17.3 Å². The number of hydrogen-bond donors (Lipinski definition) is 1. The van der Waals surface area contributed by atoms with Gasteiger partial charge in [-0.15, -0.1) is 0 Å². The van der Waals surface area contributed by atoms with Crippen molar-refractivity contribution in [2.24, 2.45) is 22.7 Å². The third-order valence-electron chi connectivity index (χ3n) is 9.70. The Balaban J connectivity index is 1.48. The minimum atomic E-state index is -4.91. The van der Waals surface area contributed by atoms with Crippen molar-refractivity contribution in [1.29, 1.82) is 0 Å². The third-order valence-corrected chi connectivity index (χ3v) is 10.3. The molecule has 2 heterocycles. The lowest BCUT2D eigenvalue weighted by Crippen LogP contribution is -2.44. The SMILES string of the molecule is CC1(C(=O)O)CCC(n2ncc(C(=O)N(CC(=O)c3c(Cl)cncc3Cl)C3C[C@@H]4[C@H](C3)C4(C)C)c2C(F)(F)F)CC1. The standard InChI is InChI=1S/C28H31Cl2F3N4O4/c1-26(2)17-8-15(9-18(17)26)36(13-21(38)22-19(29)11-34-12-20(22)30)24(39)16-10-35-37(23(16)28(31,32)33)14-4-6-27(3,7-5-14)25(40)41/h10-12,14-15,17-18H,4-9,13H2,1-3H3,(H,40,41)/t14?,15?,17-,18+,27?. The largest absolute Gasteiger partial charge is 0.481 e. The lowest BCUT2D eigenvalue weighted by molar-refractivity contribution is -0.152. The predicted molar refractivity (Wildman–Crippen MR) is 144 cm³/mol. The van der Waals surface area contributed by atoms with Gasteiger partial charge in [-0.3, -0.25) is 24.0 Å². The van der Waals surface area contributed by atoms with Crippen molar-refractivity contribution in [2.45, 2.75) is 77.6 Å². The van der Waals surface area contributed by atoms with Crippen LogP contribution in [0.25, 0.3) is 0 Å². The van der Waals surface area contributed by atoms with Crippen molar-refractivity contribution < 1.29 is 32.7 Å².